The summed E-state index contributed by atoms with van der Waals surface area (Å²) >= 11 is 11.9. The van der Waals surface area contributed by atoms with E-state index in [2.05, 4.69) is 0 Å². The zero-order valence-corrected chi connectivity index (χ0v) is 9.39. The lowest BCUT2D eigenvalue weighted by molar-refractivity contribution is 0.172. The summed E-state index contributed by atoms with van der Waals surface area (Å²) in [5.41, 5.74) is 0.0248. The zero-order chi connectivity index (χ0) is 11.7. The lowest BCUT2D eigenvalue weighted by Gasteiger charge is -2.21. The van der Waals surface area contributed by atoms with Gasteiger partial charge in [-0.05, 0) is 0 Å². The molecule has 0 atom stereocenters. The Hall–Kier alpha value is -1.62. The Labute approximate surface area is 102 Å². The number of hydrogen-bond donors (Lipinski definition) is 0. The van der Waals surface area contributed by atoms with Gasteiger partial charge in [0.15, 0.2) is 11.5 Å². The predicted molar refractivity (Wildman–Crippen MR) is 56.9 cm³/mol. The highest BCUT2D eigenvalue weighted by Gasteiger charge is 2.26. The highest BCUT2D eigenvalue weighted by molar-refractivity contribution is 6.37. The maximum atomic E-state index is 8.92. The van der Waals surface area contributed by atoms with Crippen molar-refractivity contribution in [1.82, 2.24) is 0 Å². The standard InChI is InChI=1S/C10H4Cl2N2O2/c11-7-5(3-13)6(4-14)8(12)10-9(7)15-1-2-16-10/h1-2H2. The number of nitriles is 2. The normalized spacial score (nSPS) is 12.8. The largest absolute Gasteiger partial charge is 0.484 e. The fourth-order valence-electron chi connectivity index (χ4n) is 1.40. The average Bonchev–Trinajstić information content (AvgIpc) is 2.33. The second-order valence-electron chi connectivity index (χ2n) is 2.96. The maximum Gasteiger partial charge on any atom is 0.182 e. The van der Waals surface area contributed by atoms with Crippen LogP contribution in [-0.2, 0) is 0 Å². The van der Waals surface area contributed by atoms with Gasteiger partial charge < -0.3 is 9.47 Å². The fraction of sp³-hybridized carbons (Fsp3) is 0.200. The molecule has 0 aliphatic carbocycles. The van der Waals surface area contributed by atoms with Crippen molar-refractivity contribution in [3.8, 4) is 23.6 Å². The van der Waals surface area contributed by atoms with Crippen LogP contribution in [-0.4, -0.2) is 13.2 Å². The second kappa shape index (κ2) is 4.09. The monoisotopic (exact) mass is 254 g/mol. The van der Waals surface area contributed by atoms with E-state index in [0.717, 1.165) is 0 Å². The summed E-state index contributed by atoms with van der Waals surface area (Å²) in [5, 5.41) is 18.0. The summed E-state index contributed by atoms with van der Waals surface area (Å²) < 4.78 is 10.6. The Kier molecular flexibility index (Phi) is 2.78. The Bertz CT molecular complexity index is 487. The SMILES string of the molecule is N#Cc1c(Cl)c2c(c(Cl)c1C#N)OCCO2. The van der Waals surface area contributed by atoms with E-state index in [-0.39, 0.29) is 32.7 Å². The summed E-state index contributed by atoms with van der Waals surface area (Å²) in [6.07, 6.45) is 0. The highest BCUT2D eigenvalue weighted by Crippen LogP contribution is 2.46. The van der Waals surface area contributed by atoms with Crippen molar-refractivity contribution in [2.75, 3.05) is 13.2 Å². The number of nitrogens with zero attached hydrogens (tertiary/aromatic N) is 2. The third-order valence-electron chi connectivity index (χ3n) is 2.09. The van der Waals surface area contributed by atoms with Crippen molar-refractivity contribution in [2.24, 2.45) is 0 Å². The molecule has 0 fully saturated rings. The molecular weight excluding hydrogens is 251 g/mol. The Balaban J connectivity index is 2.82. The summed E-state index contributed by atoms with van der Waals surface area (Å²) in [6.45, 7) is 0.666. The third kappa shape index (κ3) is 1.44. The number of benzene rings is 1. The summed E-state index contributed by atoms with van der Waals surface area (Å²) in [6, 6.07) is 3.66. The van der Waals surface area contributed by atoms with Gasteiger partial charge in [-0.15, -0.1) is 0 Å². The molecule has 16 heavy (non-hydrogen) atoms. The van der Waals surface area contributed by atoms with Crippen molar-refractivity contribution in [1.29, 1.82) is 10.5 Å². The van der Waals surface area contributed by atoms with Crippen LogP contribution in [0.3, 0.4) is 0 Å². The van der Waals surface area contributed by atoms with Crippen molar-refractivity contribution >= 4 is 23.2 Å². The average molecular weight is 255 g/mol. The Morgan fingerprint density at radius 3 is 1.56 bits per heavy atom. The van der Waals surface area contributed by atoms with Crippen LogP contribution in [0.25, 0.3) is 0 Å². The highest BCUT2D eigenvalue weighted by atomic mass is 35.5. The van der Waals surface area contributed by atoms with E-state index in [1.807, 2.05) is 12.1 Å². The van der Waals surface area contributed by atoms with Crippen molar-refractivity contribution in [2.45, 2.75) is 0 Å². The smallest absolute Gasteiger partial charge is 0.182 e. The molecule has 0 bridgehead atoms. The molecule has 1 aromatic carbocycles. The lowest BCUT2D eigenvalue weighted by Crippen LogP contribution is -2.16. The van der Waals surface area contributed by atoms with Gasteiger partial charge in [0.2, 0.25) is 0 Å². The zero-order valence-electron chi connectivity index (χ0n) is 7.88. The number of halogens is 2. The van der Waals surface area contributed by atoms with Gasteiger partial charge in [0, 0.05) is 0 Å². The van der Waals surface area contributed by atoms with Gasteiger partial charge >= 0.3 is 0 Å². The molecule has 0 radical (unpaired) electrons. The molecule has 0 unspecified atom stereocenters. The number of hydrogen-bond acceptors (Lipinski definition) is 4. The number of rotatable bonds is 0. The van der Waals surface area contributed by atoms with Crippen LogP contribution in [0.1, 0.15) is 11.1 Å². The maximum absolute atomic E-state index is 8.92. The van der Waals surface area contributed by atoms with Crippen LogP contribution < -0.4 is 9.47 Å². The molecule has 0 spiro atoms. The fourth-order valence-corrected chi connectivity index (χ4v) is 1.96. The Morgan fingerprint density at radius 2 is 1.25 bits per heavy atom. The molecule has 80 valence electrons. The van der Waals surface area contributed by atoms with Gasteiger partial charge in [-0.1, -0.05) is 23.2 Å². The molecule has 1 heterocycles. The minimum absolute atomic E-state index is 0.0124. The van der Waals surface area contributed by atoms with Gasteiger partial charge in [0.1, 0.15) is 35.4 Å². The predicted octanol–water partition coefficient (Wildman–Crippen LogP) is 2.51. The molecule has 2 rings (SSSR count). The van der Waals surface area contributed by atoms with E-state index in [4.69, 9.17) is 43.2 Å². The minimum atomic E-state index is 0.0124. The second-order valence-corrected chi connectivity index (χ2v) is 3.71. The molecule has 0 saturated carbocycles. The minimum Gasteiger partial charge on any atom is -0.484 e. The third-order valence-corrected chi connectivity index (χ3v) is 2.81. The van der Waals surface area contributed by atoms with Gasteiger partial charge in [-0.2, -0.15) is 10.5 Å². The van der Waals surface area contributed by atoms with E-state index < -0.39 is 0 Å². The van der Waals surface area contributed by atoms with E-state index >= 15 is 0 Å². The first-order valence-corrected chi connectivity index (χ1v) is 5.07. The van der Waals surface area contributed by atoms with Crippen LogP contribution in [0, 0.1) is 22.7 Å². The van der Waals surface area contributed by atoms with Crippen LogP contribution in [0.5, 0.6) is 11.5 Å². The van der Waals surface area contributed by atoms with E-state index in [1.54, 1.807) is 0 Å². The number of fused-ring (bicyclic) bond motifs is 1. The molecule has 6 heteroatoms. The number of ether oxygens (including phenoxy) is 2. The van der Waals surface area contributed by atoms with E-state index in [0.29, 0.717) is 13.2 Å². The molecule has 1 aliphatic rings. The summed E-state index contributed by atoms with van der Waals surface area (Å²) in [5.74, 6) is 0.460. The Morgan fingerprint density at radius 1 is 0.875 bits per heavy atom. The van der Waals surface area contributed by atoms with Gasteiger partial charge in [0.25, 0.3) is 0 Å². The van der Waals surface area contributed by atoms with Gasteiger partial charge in [0.05, 0.1) is 11.1 Å². The van der Waals surface area contributed by atoms with Gasteiger partial charge in [-0.3, -0.25) is 0 Å². The molecule has 4 nitrogen and oxygen atoms in total. The molecule has 0 amide bonds. The molecular formula is C10H4Cl2N2O2. The first-order valence-electron chi connectivity index (χ1n) is 4.31. The van der Waals surface area contributed by atoms with Crippen molar-refractivity contribution in [3.05, 3.63) is 21.2 Å². The lowest BCUT2D eigenvalue weighted by atomic mass is 10.1. The topological polar surface area (TPSA) is 66.0 Å². The van der Waals surface area contributed by atoms with E-state index in [9.17, 15) is 0 Å². The first-order chi connectivity index (χ1) is 7.70. The van der Waals surface area contributed by atoms with Crippen LogP contribution in [0.2, 0.25) is 10.0 Å². The van der Waals surface area contributed by atoms with Crippen molar-refractivity contribution in [3.63, 3.8) is 0 Å². The van der Waals surface area contributed by atoms with Gasteiger partial charge in [-0.25, -0.2) is 0 Å². The van der Waals surface area contributed by atoms with Crippen molar-refractivity contribution < 1.29 is 9.47 Å². The molecule has 1 aromatic rings. The first kappa shape index (κ1) is 10.9. The molecule has 1 aliphatic heterocycles. The summed E-state index contributed by atoms with van der Waals surface area (Å²) in [7, 11) is 0. The summed E-state index contributed by atoms with van der Waals surface area (Å²) in [4.78, 5) is 0. The molecule has 0 aromatic heterocycles. The van der Waals surface area contributed by atoms with E-state index in [1.165, 1.54) is 0 Å². The molecule has 0 N–H and O–H groups in total. The quantitative estimate of drug-likeness (QED) is 0.714. The van der Waals surface area contributed by atoms with Crippen LogP contribution in [0.15, 0.2) is 0 Å². The van der Waals surface area contributed by atoms with Crippen LogP contribution >= 0.6 is 23.2 Å². The van der Waals surface area contributed by atoms with Crippen LogP contribution in [0.4, 0.5) is 0 Å². The molecule has 0 saturated heterocycles.